The molecule has 0 saturated carbocycles. The molecule has 0 heterocycles. The zero-order valence-electron chi connectivity index (χ0n) is 3.90. The predicted molar refractivity (Wildman–Crippen MR) is 20.0 cm³/mol. The van der Waals surface area contributed by atoms with Crippen molar-refractivity contribution in [2.75, 3.05) is 0 Å². The average Bonchev–Trinajstić information content (AvgIpc) is 1.31. The molecule has 0 aliphatic rings. The molecule has 5 nitrogen and oxygen atoms in total. The van der Waals surface area contributed by atoms with Crippen molar-refractivity contribution in [2.24, 2.45) is 0 Å². The van der Waals surface area contributed by atoms with Gasteiger partial charge >= 0.3 is 29.6 Å². The van der Waals surface area contributed by atoms with Crippen molar-refractivity contribution >= 4 is 18.9 Å². The Hall–Kier alpha value is 0.860. The molecule has 0 bridgehead atoms. The molecule has 0 aromatic carbocycles. The smallest absolute Gasteiger partial charge is 0.736 e. The van der Waals surface area contributed by atoms with Crippen LogP contribution in [0.3, 0.4) is 0 Å². The quantitative estimate of drug-likeness (QED) is 0.183. The van der Waals surface area contributed by atoms with Crippen LogP contribution >= 0.6 is 0 Å². The molecular weight excluding hydrogens is 167 g/mol. The summed E-state index contributed by atoms with van der Waals surface area (Å²) in [5, 5.41) is 0. The summed E-state index contributed by atoms with van der Waals surface area (Å²) < 4.78 is 45.9. The first-order chi connectivity index (χ1) is 2.94. The van der Waals surface area contributed by atoms with E-state index in [0.717, 1.165) is 0 Å². The Kier molecular flexibility index (Phi) is 5.53. The summed E-state index contributed by atoms with van der Waals surface area (Å²) in [5.41, 5.74) is 0. The van der Waals surface area contributed by atoms with E-state index >= 15 is 0 Å². The van der Waals surface area contributed by atoms with Gasteiger partial charge in [0.25, 0.3) is 0 Å². The third-order valence-corrected chi connectivity index (χ3v) is 1.64. The van der Waals surface area contributed by atoms with E-state index in [2.05, 4.69) is 0 Å². The molecule has 0 saturated heterocycles. The minimum atomic E-state index is -5.04. The van der Waals surface area contributed by atoms with Gasteiger partial charge in [-0.25, -0.2) is 16.8 Å². The van der Waals surface area contributed by atoms with E-state index in [9.17, 15) is 13.0 Å². The fourth-order valence-electron chi connectivity index (χ4n) is 0. The second-order valence-electron chi connectivity index (χ2n) is 0.651. The second kappa shape index (κ2) is 3.80. The van der Waals surface area contributed by atoms with Crippen LogP contribution in [-0.2, 0) is 18.9 Å². The topological polar surface area (TPSA) is 91.3 Å². The van der Waals surface area contributed by atoms with Gasteiger partial charge in [0.1, 0.15) is 0 Å². The summed E-state index contributed by atoms with van der Waals surface area (Å²) in [5.74, 6) is 0. The van der Waals surface area contributed by atoms with E-state index in [1.54, 1.807) is 0 Å². The van der Waals surface area contributed by atoms with Crippen molar-refractivity contribution in [3.63, 3.8) is 0 Å². The van der Waals surface area contributed by atoms with Gasteiger partial charge in [-0.3, -0.25) is 0 Å². The maximum absolute atomic E-state index is 9.18. The van der Waals surface area contributed by atoms with Crippen LogP contribution in [0.5, 0.6) is 0 Å². The summed E-state index contributed by atoms with van der Waals surface area (Å²) in [4.78, 5) is 0. The Morgan fingerprint density at radius 1 is 1.25 bits per heavy atom. The minimum absolute atomic E-state index is 0. The monoisotopic (exact) mass is 168 g/mol. The van der Waals surface area contributed by atoms with Gasteiger partial charge < -0.3 is 4.55 Å². The second-order valence-corrected chi connectivity index (χ2v) is 4.19. The molecule has 0 atom stereocenters. The van der Waals surface area contributed by atoms with Crippen LogP contribution in [0.25, 0.3) is 0 Å². The normalized spacial score (nSPS) is 10.8. The zero-order valence-corrected chi connectivity index (χ0v) is 7.61. The summed E-state index contributed by atoms with van der Waals surface area (Å²) in [6, 6.07) is 0. The van der Waals surface area contributed by atoms with Crippen molar-refractivity contribution < 1.29 is 50.9 Å². The maximum atomic E-state index is 9.18. The van der Waals surface area contributed by atoms with Gasteiger partial charge in [0.05, 0.1) is 0 Å². The maximum Gasteiger partial charge on any atom is 1.00 e. The van der Waals surface area contributed by atoms with E-state index in [0.29, 0.717) is 0 Å². The Morgan fingerprint density at radius 2 is 1.38 bits per heavy atom. The standard InChI is InChI=1S/Na.H2O5S2/c;1-6(2)7(3,4)5/h;6H,(H,3,4,5)/q+1;/p-1. The van der Waals surface area contributed by atoms with Crippen LogP contribution in [0.4, 0.5) is 0 Å². The van der Waals surface area contributed by atoms with Crippen molar-refractivity contribution in [3.8, 4) is 0 Å². The van der Waals surface area contributed by atoms with Crippen LogP contribution in [0.2, 0.25) is 0 Å². The van der Waals surface area contributed by atoms with Crippen molar-refractivity contribution in [3.05, 3.63) is 0 Å². The van der Waals surface area contributed by atoms with Crippen LogP contribution in [-0.4, -0.2) is 21.4 Å². The molecule has 0 aromatic rings. The van der Waals surface area contributed by atoms with Gasteiger partial charge in [-0.05, 0) is 0 Å². The van der Waals surface area contributed by atoms with Crippen molar-refractivity contribution in [1.82, 2.24) is 0 Å². The Balaban J connectivity index is 0. The molecule has 0 N–H and O–H groups in total. The van der Waals surface area contributed by atoms with Gasteiger partial charge in [-0.2, -0.15) is 0 Å². The Morgan fingerprint density at radius 3 is 1.38 bits per heavy atom. The van der Waals surface area contributed by atoms with Crippen LogP contribution < -0.4 is 29.6 Å². The molecule has 0 aromatic heterocycles. The van der Waals surface area contributed by atoms with Crippen molar-refractivity contribution in [2.45, 2.75) is 0 Å². The fourth-order valence-corrected chi connectivity index (χ4v) is 0. The van der Waals surface area contributed by atoms with Gasteiger partial charge in [-0.15, -0.1) is 0 Å². The fraction of sp³-hybridized carbons (Fsp3) is 0. The van der Waals surface area contributed by atoms with Gasteiger partial charge in [0.2, 0.25) is 9.74 Å². The molecule has 0 fully saturated rings. The van der Waals surface area contributed by atoms with Gasteiger partial charge in [0.15, 0.2) is 9.15 Å². The number of hydrogen-bond donors (Lipinski definition) is 1. The average molecular weight is 168 g/mol. The first-order valence-electron chi connectivity index (χ1n) is 1.05. The first-order valence-corrected chi connectivity index (χ1v) is 4.24. The summed E-state index contributed by atoms with van der Waals surface area (Å²) in [6.45, 7) is 0. The molecule has 44 valence electrons. The third kappa shape index (κ3) is 5.01. The summed E-state index contributed by atoms with van der Waals surface area (Å²) in [6.07, 6.45) is 0. The summed E-state index contributed by atoms with van der Waals surface area (Å²) >= 11 is 0. The number of thiol groups is 1. The number of rotatable bonds is 1. The van der Waals surface area contributed by atoms with E-state index in [-0.39, 0.29) is 29.6 Å². The van der Waals surface area contributed by atoms with Crippen LogP contribution in [0, 0.1) is 0 Å². The predicted octanol–water partition coefficient (Wildman–Crippen LogP) is -4.94. The minimum Gasteiger partial charge on any atom is -0.736 e. The molecule has 0 spiro atoms. The van der Waals surface area contributed by atoms with E-state index in [4.69, 9.17) is 8.42 Å². The van der Waals surface area contributed by atoms with E-state index < -0.39 is 18.9 Å². The number of hydrogen-bond acceptors (Lipinski definition) is 5. The molecule has 0 amide bonds. The molecule has 0 aliphatic carbocycles. The zero-order chi connectivity index (χ0) is 6.08. The Bertz CT molecular complexity index is 199. The molecule has 8 heteroatoms. The molecule has 0 rings (SSSR count). The molecule has 8 heavy (non-hydrogen) atoms. The van der Waals surface area contributed by atoms with E-state index in [1.807, 2.05) is 0 Å². The Labute approximate surface area is 69.5 Å². The SMILES string of the molecule is O=[SH](=O)S(=O)(=O)[O-].[Na+]. The van der Waals surface area contributed by atoms with Crippen LogP contribution in [0.1, 0.15) is 0 Å². The largest absolute Gasteiger partial charge is 1.00 e. The van der Waals surface area contributed by atoms with Crippen molar-refractivity contribution in [1.29, 1.82) is 0 Å². The third-order valence-electron chi connectivity index (χ3n) is 0.183. The summed E-state index contributed by atoms with van der Waals surface area (Å²) in [7, 11) is -8.86. The first kappa shape index (κ1) is 11.6. The van der Waals surface area contributed by atoms with E-state index in [1.165, 1.54) is 0 Å². The molecular formula is HNaO5S2. The van der Waals surface area contributed by atoms with Crippen LogP contribution in [0.15, 0.2) is 0 Å². The molecule has 0 unspecified atom stereocenters. The molecule has 0 aliphatic heterocycles. The van der Waals surface area contributed by atoms with Gasteiger partial charge in [-0.1, -0.05) is 0 Å². The molecule has 0 radical (unpaired) electrons. The van der Waals surface area contributed by atoms with Gasteiger partial charge in [0, 0.05) is 0 Å².